The van der Waals surface area contributed by atoms with Gasteiger partial charge in [0.1, 0.15) is 5.56 Å². The number of aromatic nitrogens is 2. The summed E-state index contributed by atoms with van der Waals surface area (Å²) < 4.78 is 44.0. The van der Waals surface area contributed by atoms with Crippen LogP contribution in [0.2, 0.25) is 0 Å². The predicted molar refractivity (Wildman–Crippen MR) is 58.2 cm³/mol. The summed E-state index contributed by atoms with van der Waals surface area (Å²) >= 11 is 0. The second-order valence-electron chi connectivity index (χ2n) is 4.73. The van der Waals surface area contributed by atoms with Crippen molar-refractivity contribution in [3.8, 4) is 0 Å². The van der Waals surface area contributed by atoms with E-state index >= 15 is 0 Å². The number of carbonyl (C=O) groups excluding carboxylic acids is 1. The number of alkyl halides is 3. The Hall–Kier alpha value is -1.53. The van der Waals surface area contributed by atoms with Gasteiger partial charge in [-0.25, -0.2) is 4.79 Å². The fourth-order valence-electron chi connectivity index (χ4n) is 1.29. The number of ether oxygens (including phenoxy) is 1. The van der Waals surface area contributed by atoms with E-state index in [1.807, 2.05) is 0 Å². The highest BCUT2D eigenvalue weighted by atomic mass is 19.4. The lowest BCUT2D eigenvalue weighted by molar-refractivity contribution is -0.142. The van der Waals surface area contributed by atoms with Gasteiger partial charge >= 0.3 is 12.1 Å². The molecule has 0 aliphatic rings. The van der Waals surface area contributed by atoms with Crippen LogP contribution in [0.5, 0.6) is 0 Å². The first-order valence-electron chi connectivity index (χ1n) is 5.42. The van der Waals surface area contributed by atoms with Crippen LogP contribution in [0.1, 0.15) is 43.7 Å². The third-order valence-corrected chi connectivity index (χ3v) is 2.17. The van der Waals surface area contributed by atoms with Gasteiger partial charge in [0.05, 0.1) is 12.1 Å². The maximum absolute atomic E-state index is 12.8. The van der Waals surface area contributed by atoms with Gasteiger partial charge in [-0.2, -0.15) is 18.3 Å². The summed E-state index contributed by atoms with van der Waals surface area (Å²) in [4.78, 5) is 11.5. The molecule has 1 aromatic heterocycles. The van der Waals surface area contributed by atoms with Crippen molar-refractivity contribution in [3.63, 3.8) is 0 Å². The van der Waals surface area contributed by atoms with Gasteiger partial charge in [0, 0.05) is 6.20 Å². The standard InChI is InChI=1S/C11H15F3N2O2/c1-5-18-9(17)7-6-16(10(2,3)4)15-8(7)11(12,13)14/h6H,5H2,1-4H3. The van der Waals surface area contributed by atoms with Gasteiger partial charge in [0.2, 0.25) is 0 Å². The summed E-state index contributed by atoms with van der Waals surface area (Å²) in [6.45, 7) is 6.61. The number of rotatable bonds is 2. The molecule has 0 atom stereocenters. The van der Waals surface area contributed by atoms with Crippen molar-refractivity contribution in [2.45, 2.75) is 39.4 Å². The topological polar surface area (TPSA) is 44.1 Å². The smallest absolute Gasteiger partial charge is 0.436 e. The molecule has 0 spiro atoms. The Bertz CT molecular complexity index is 444. The molecule has 7 heteroatoms. The van der Waals surface area contributed by atoms with Crippen molar-refractivity contribution < 1.29 is 22.7 Å². The van der Waals surface area contributed by atoms with E-state index in [9.17, 15) is 18.0 Å². The summed E-state index contributed by atoms with van der Waals surface area (Å²) in [6.07, 6.45) is -3.61. The zero-order valence-corrected chi connectivity index (χ0v) is 10.6. The van der Waals surface area contributed by atoms with Gasteiger partial charge in [-0.15, -0.1) is 0 Å². The zero-order chi connectivity index (χ0) is 14.1. The van der Waals surface area contributed by atoms with Crippen molar-refractivity contribution >= 4 is 5.97 Å². The van der Waals surface area contributed by atoms with Crippen LogP contribution in [-0.2, 0) is 16.5 Å². The number of esters is 1. The summed E-state index contributed by atoms with van der Waals surface area (Å²) in [7, 11) is 0. The number of halogens is 3. The van der Waals surface area contributed by atoms with Gasteiger partial charge < -0.3 is 4.74 Å². The number of hydrogen-bond acceptors (Lipinski definition) is 3. The van der Waals surface area contributed by atoms with E-state index in [0.29, 0.717) is 0 Å². The SMILES string of the molecule is CCOC(=O)c1cn(C(C)(C)C)nc1C(F)(F)F. The molecule has 102 valence electrons. The molecule has 0 saturated carbocycles. The lowest BCUT2D eigenvalue weighted by Crippen LogP contribution is -2.23. The average Bonchev–Trinajstić information content (AvgIpc) is 2.60. The van der Waals surface area contributed by atoms with Crippen LogP contribution < -0.4 is 0 Å². The van der Waals surface area contributed by atoms with Crippen molar-refractivity contribution in [1.29, 1.82) is 0 Å². The molecule has 0 aliphatic heterocycles. The van der Waals surface area contributed by atoms with Gasteiger partial charge in [0.15, 0.2) is 5.69 Å². The largest absolute Gasteiger partial charge is 0.462 e. The minimum absolute atomic E-state index is 0.0107. The molecule has 1 aromatic rings. The summed E-state index contributed by atoms with van der Waals surface area (Å²) in [6, 6.07) is 0. The third-order valence-electron chi connectivity index (χ3n) is 2.17. The van der Waals surface area contributed by atoms with Crippen molar-refractivity contribution in [3.05, 3.63) is 17.5 Å². The number of carbonyl (C=O) groups is 1. The van der Waals surface area contributed by atoms with E-state index < -0.39 is 28.9 Å². The molecule has 0 fully saturated rings. The molecule has 0 bridgehead atoms. The van der Waals surface area contributed by atoms with Crippen LogP contribution in [-0.4, -0.2) is 22.4 Å². The van der Waals surface area contributed by atoms with Gasteiger partial charge in [-0.1, -0.05) is 0 Å². The van der Waals surface area contributed by atoms with Crippen LogP contribution in [0.3, 0.4) is 0 Å². The predicted octanol–water partition coefficient (Wildman–Crippen LogP) is 2.83. The second-order valence-corrected chi connectivity index (χ2v) is 4.73. The summed E-state index contributed by atoms with van der Waals surface area (Å²) in [5.41, 5.74) is -2.42. The molecule has 0 amide bonds. The number of hydrogen-bond donors (Lipinski definition) is 0. The second kappa shape index (κ2) is 4.62. The van der Waals surface area contributed by atoms with E-state index in [1.165, 1.54) is 6.92 Å². The lowest BCUT2D eigenvalue weighted by Gasteiger charge is -2.18. The first-order chi connectivity index (χ1) is 8.07. The van der Waals surface area contributed by atoms with Crippen LogP contribution >= 0.6 is 0 Å². The molecule has 0 saturated heterocycles. The Morgan fingerprint density at radius 2 is 1.94 bits per heavy atom. The Labute approximate surface area is 103 Å². The highest BCUT2D eigenvalue weighted by Crippen LogP contribution is 2.32. The summed E-state index contributed by atoms with van der Waals surface area (Å²) in [5.74, 6) is -1.01. The quantitative estimate of drug-likeness (QED) is 0.771. The molecule has 0 unspecified atom stereocenters. The average molecular weight is 264 g/mol. The van der Waals surface area contributed by atoms with Crippen LogP contribution in [0.25, 0.3) is 0 Å². The highest BCUT2D eigenvalue weighted by Gasteiger charge is 2.40. The molecule has 0 radical (unpaired) electrons. The Morgan fingerprint density at radius 3 is 2.33 bits per heavy atom. The monoisotopic (exact) mass is 264 g/mol. The molecule has 18 heavy (non-hydrogen) atoms. The van der Waals surface area contributed by atoms with E-state index in [-0.39, 0.29) is 6.61 Å². The number of nitrogens with zero attached hydrogens (tertiary/aromatic N) is 2. The fraction of sp³-hybridized carbons (Fsp3) is 0.636. The molecule has 1 heterocycles. The van der Waals surface area contributed by atoms with Crippen LogP contribution in [0, 0.1) is 0 Å². The van der Waals surface area contributed by atoms with Crippen molar-refractivity contribution in [2.24, 2.45) is 0 Å². The van der Waals surface area contributed by atoms with E-state index in [1.54, 1.807) is 20.8 Å². The normalized spacial score (nSPS) is 12.6. The molecular formula is C11H15F3N2O2. The minimum atomic E-state index is -4.68. The molecule has 0 aliphatic carbocycles. The Morgan fingerprint density at radius 1 is 1.39 bits per heavy atom. The van der Waals surface area contributed by atoms with Crippen molar-refractivity contribution in [2.75, 3.05) is 6.61 Å². The van der Waals surface area contributed by atoms with Gasteiger partial charge in [0.25, 0.3) is 0 Å². The minimum Gasteiger partial charge on any atom is -0.462 e. The first kappa shape index (κ1) is 14.5. The molecular weight excluding hydrogens is 249 g/mol. The molecule has 0 aromatic carbocycles. The van der Waals surface area contributed by atoms with Crippen LogP contribution in [0.15, 0.2) is 6.20 Å². The molecule has 0 N–H and O–H groups in total. The summed E-state index contributed by atoms with van der Waals surface area (Å²) in [5, 5.41) is 3.45. The lowest BCUT2D eigenvalue weighted by atomic mass is 10.1. The third kappa shape index (κ3) is 3.02. The first-order valence-corrected chi connectivity index (χ1v) is 5.42. The molecule has 1 rings (SSSR count). The van der Waals surface area contributed by atoms with Crippen molar-refractivity contribution in [1.82, 2.24) is 9.78 Å². The van der Waals surface area contributed by atoms with Gasteiger partial charge in [-0.05, 0) is 27.7 Å². The van der Waals surface area contributed by atoms with E-state index in [0.717, 1.165) is 10.9 Å². The zero-order valence-electron chi connectivity index (χ0n) is 10.6. The Kier molecular flexibility index (Phi) is 3.73. The Balaban J connectivity index is 3.31. The highest BCUT2D eigenvalue weighted by molar-refractivity contribution is 5.90. The van der Waals surface area contributed by atoms with E-state index in [2.05, 4.69) is 9.84 Å². The molecule has 4 nitrogen and oxygen atoms in total. The van der Waals surface area contributed by atoms with E-state index in [4.69, 9.17) is 0 Å². The fourth-order valence-corrected chi connectivity index (χ4v) is 1.29. The van der Waals surface area contributed by atoms with Crippen LogP contribution in [0.4, 0.5) is 13.2 Å². The maximum atomic E-state index is 12.8. The maximum Gasteiger partial charge on any atom is 0.436 e. The van der Waals surface area contributed by atoms with Gasteiger partial charge in [-0.3, -0.25) is 4.68 Å².